The molecule has 0 saturated heterocycles. The van der Waals surface area contributed by atoms with Gasteiger partial charge < -0.3 is 15.2 Å². The molecule has 1 aliphatic heterocycles. The molecule has 4 heteroatoms. The minimum Gasteiger partial charge on any atom is -0.493 e. The van der Waals surface area contributed by atoms with E-state index >= 15 is 0 Å². The number of nitrogen functional groups attached to an aromatic ring is 1. The van der Waals surface area contributed by atoms with E-state index in [1.165, 1.54) is 5.56 Å². The summed E-state index contributed by atoms with van der Waals surface area (Å²) in [6.45, 7) is 1.20. The van der Waals surface area contributed by atoms with Crippen molar-refractivity contribution in [3.05, 3.63) is 52.0 Å². The number of para-hydroxylation sites is 2. The van der Waals surface area contributed by atoms with Crippen molar-refractivity contribution >= 4 is 21.6 Å². The fourth-order valence-corrected chi connectivity index (χ4v) is 2.77. The Morgan fingerprint density at radius 1 is 1.26 bits per heavy atom. The lowest BCUT2D eigenvalue weighted by Gasteiger charge is -2.12. The van der Waals surface area contributed by atoms with Crippen molar-refractivity contribution < 1.29 is 9.47 Å². The molecule has 1 aliphatic rings. The fraction of sp³-hybridized carbons (Fsp3) is 0.200. The molecule has 0 spiro atoms. The van der Waals surface area contributed by atoms with Gasteiger partial charge in [0.15, 0.2) is 0 Å². The van der Waals surface area contributed by atoms with Gasteiger partial charge in [-0.2, -0.15) is 0 Å². The zero-order chi connectivity index (χ0) is 13.2. The first-order valence-corrected chi connectivity index (χ1v) is 6.95. The first-order chi connectivity index (χ1) is 9.24. The number of benzene rings is 2. The topological polar surface area (TPSA) is 44.5 Å². The third-order valence-corrected chi connectivity index (χ3v) is 3.59. The van der Waals surface area contributed by atoms with Gasteiger partial charge in [0, 0.05) is 16.5 Å². The molecule has 0 unspecified atom stereocenters. The highest BCUT2D eigenvalue weighted by Crippen LogP contribution is 2.34. The van der Waals surface area contributed by atoms with Crippen molar-refractivity contribution in [1.29, 1.82) is 0 Å². The van der Waals surface area contributed by atoms with E-state index in [0.717, 1.165) is 28.8 Å². The second-order valence-corrected chi connectivity index (χ2v) is 5.39. The SMILES string of the molecule is Nc1ccccc1OCc1cc(Br)cc2c1OCC2. The molecule has 0 bridgehead atoms. The van der Waals surface area contributed by atoms with Gasteiger partial charge in [0.2, 0.25) is 0 Å². The number of fused-ring (bicyclic) bond motifs is 1. The monoisotopic (exact) mass is 319 g/mol. The van der Waals surface area contributed by atoms with Crippen LogP contribution >= 0.6 is 15.9 Å². The second-order valence-electron chi connectivity index (χ2n) is 4.48. The molecule has 2 aromatic rings. The van der Waals surface area contributed by atoms with Gasteiger partial charge in [-0.05, 0) is 29.8 Å². The summed E-state index contributed by atoms with van der Waals surface area (Å²) in [4.78, 5) is 0. The third-order valence-electron chi connectivity index (χ3n) is 3.13. The van der Waals surface area contributed by atoms with E-state index in [4.69, 9.17) is 15.2 Å². The van der Waals surface area contributed by atoms with Crippen molar-refractivity contribution in [2.75, 3.05) is 12.3 Å². The Kier molecular flexibility index (Phi) is 3.34. The average Bonchev–Trinajstić information content (AvgIpc) is 2.85. The van der Waals surface area contributed by atoms with Crippen LogP contribution in [-0.2, 0) is 13.0 Å². The molecule has 1 heterocycles. The van der Waals surface area contributed by atoms with Crippen LogP contribution in [0.5, 0.6) is 11.5 Å². The molecule has 0 atom stereocenters. The van der Waals surface area contributed by atoms with Gasteiger partial charge in [0.25, 0.3) is 0 Å². The van der Waals surface area contributed by atoms with Crippen LogP contribution in [-0.4, -0.2) is 6.61 Å². The maximum atomic E-state index is 5.86. The Bertz CT molecular complexity index is 613. The Morgan fingerprint density at radius 2 is 2.11 bits per heavy atom. The van der Waals surface area contributed by atoms with Crippen LogP contribution in [0.25, 0.3) is 0 Å². The number of nitrogens with two attached hydrogens (primary N) is 1. The number of rotatable bonds is 3. The third kappa shape index (κ3) is 2.54. The van der Waals surface area contributed by atoms with Gasteiger partial charge in [-0.15, -0.1) is 0 Å². The molecule has 2 N–H and O–H groups in total. The van der Waals surface area contributed by atoms with Crippen LogP contribution in [0.2, 0.25) is 0 Å². The van der Waals surface area contributed by atoms with E-state index in [-0.39, 0.29) is 0 Å². The van der Waals surface area contributed by atoms with Gasteiger partial charge in [0.05, 0.1) is 12.3 Å². The van der Waals surface area contributed by atoms with Gasteiger partial charge >= 0.3 is 0 Å². The summed E-state index contributed by atoms with van der Waals surface area (Å²) < 4.78 is 12.5. The van der Waals surface area contributed by atoms with Crippen molar-refractivity contribution in [1.82, 2.24) is 0 Å². The lowest BCUT2D eigenvalue weighted by Crippen LogP contribution is -2.00. The highest BCUT2D eigenvalue weighted by molar-refractivity contribution is 9.10. The summed E-state index contributed by atoms with van der Waals surface area (Å²) in [5, 5.41) is 0. The fourth-order valence-electron chi connectivity index (χ4n) is 2.22. The largest absolute Gasteiger partial charge is 0.493 e. The minimum absolute atomic E-state index is 0.454. The van der Waals surface area contributed by atoms with Gasteiger partial charge in [-0.25, -0.2) is 0 Å². The van der Waals surface area contributed by atoms with Crippen molar-refractivity contribution in [3.63, 3.8) is 0 Å². The minimum atomic E-state index is 0.454. The first-order valence-electron chi connectivity index (χ1n) is 6.15. The van der Waals surface area contributed by atoms with Crippen molar-refractivity contribution in [2.45, 2.75) is 13.0 Å². The van der Waals surface area contributed by atoms with Gasteiger partial charge in [-0.1, -0.05) is 28.1 Å². The normalized spacial score (nSPS) is 12.9. The van der Waals surface area contributed by atoms with Crippen molar-refractivity contribution in [3.8, 4) is 11.5 Å². The summed E-state index contributed by atoms with van der Waals surface area (Å²) in [6, 6.07) is 11.6. The van der Waals surface area contributed by atoms with Crippen molar-refractivity contribution in [2.24, 2.45) is 0 Å². The Labute approximate surface area is 120 Å². The smallest absolute Gasteiger partial charge is 0.142 e. The van der Waals surface area contributed by atoms with Gasteiger partial charge in [-0.3, -0.25) is 0 Å². The van der Waals surface area contributed by atoms with E-state index in [1.54, 1.807) is 0 Å². The van der Waals surface area contributed by atoms with E-state index in [2.05, 4.69) is 22.0 Å². The van der Waals surface area contributed by atoms with E-state index in [9.17, 15) is 0 Å². The summed E-state index contributed by atoms with van der Waals surface area (Å²) in [5.74, 6) is 1.66. The maximum Gasteiger partial charge on any atom is 0.142 e. The highest BCUT2D eigenvalue weighted by Gasteiger charge is 2.17. The number of hydrogen-bond acceptors (Lipinski definition) is 3. The van der Waals surface area contributed by atoms with Crippen LogP contribution in [0, 0.1) is 0 Å². The summed E-state index contributed by atoms with van der Waals surface area (Å²) in [7, 11) is 0. The Morgan fingerprint density at radius 3 is 2.95 bits per heavy atom. The number of ether oxygens (including phenoxy) is 2. The maximum absolute atomic E-state index is 5.86. The van der Waals surface area contributed by atoms with Crippen LogP contribution in [0.4, 0.5) is 5.69 Å². The molecule has 0 radical (unpaired) electrons. The molecular formula is C15H14BrNO2. The predicted octanol–water partition coefficient (Wildman–Crippen LogP) is 3.55. The number of halogens is 1. The molecule has 2 aromatic carbocycles. The molecular weight excluding hydrogens is 306 g/mol. The average molecular weight is 320 g/mol. The summed E-state index contributed by atoms with van der Waals surface area (Å²) in [5.41, 5.74) is 8.79. The predicted molar refractivity (Wildman–Crippen MR) is 78.5 cm³/mol. The van der Waals surface area contributed by atoms with Gasteiger partial charge in [0.1, 0.15) is 18.1 Å². The lowest BCUT2D eigenvalue weighted by molar-refractivity contribution is 0.293. The molecule has 0 amide bonds. The molecule has 3 nitrogen and oxygen atoms in total. The quantitative estimate of drug-likeness (QED) is 0.880. The molecule has 0 saturated carbocycles. The van der Waals surface area contributed by atoms with E-state index < -0.39 is 0 Å². The standard InChI is InChI=1S/C15H14BrNO2/c16-12-7-10-5-6-18-15(10)11(8-12)9-19-14-4-2-1-3-13(14)17/h1-4,7-8H,5-6,9,17H2. The van der Waals surface area contributed by atoms with E-state index in [1.807, 2.05) is 30.3 Å². The highest BCUT2D eigenvalue weighted by atomic mass is 79.9. The molecule has 98 valence electrons. The molecule has 0 aliphatic carbocycles. The Balaban J connectivity index is 1.83. The van der Waals surface area contributed by atoms with Crippen LogP contribution < -0.4 is 15.2 Å². The summed E-state index contributed by atoms with van der Waals surface area (Å²) in [6.07, 6.45) is 0.954. The number of hydrogen-bond donors (Lipinski definition) is 1. The van der Waals surface area contributed by atoms with Crippen LogP contribution in [0.3, 0.4) is 0 Å². The van der Waals surface area contributed by atoms with Crippen LogP contribution in [0.15, 0.2) is 40.9 Å². The molecule has 0 fully saturated rings. The van der Waals surface area contributed by atoms with Crippen LogP contribution in [0.1, 0.15) is 11.1 Å². The molecule has 19 heavy (non-hydrogen) atoms. The zero-order valence-electron chi connectivity index (χ0n) is 10.4. The Hall–Kier alpha value is -1.68. The second kappa shape index (κ2) is 5.13. The summed E-state index contributed by atoms with van der Waals surface area (Å²) >= 11 is 3.52. The lowest BCUT2D eigenvalue weighted by atomic mass is 10.1. The van der Waals surface area contributed by atoms with E-state index in [0.29, 0.717) is 18.0 Å². The molecule has 3 rings (SSSR count). The molecule has 0 aromatic heterocycles. The zero-order valence-corrected chi connectivity index (χ0v) is 11.9. The number of anilines is 1. The first kappa shape index (κ1) is 12.4.